The van der Waals surface area contributed by atoms with Crippen LogP contribution >= 0.6 is 0 Å². The number of hydrogen-bond acceptors (Lipinski definition) is 6. The lowest BCUT2D eigenvalue weighted by atomic mass is 10.8. The highest BCUT2D eigenvalue weighted by molar-refractivity contribution is 8.62. The van der Waals surface area contributed by atoms with Gasteiger partial charge < -0.3 is 4.74 Å². The molecule has 1 aliphatic rings. The molecular formula is C3H7NO7S2. The lowest BCUT2D eigenvalue weighted by Gasteiger charge is -1.84. The van der Waals surface area contributed by atoms with E-state index in [9.17, 15) is 16.8 Å². The summed E-state index contributed by atoms with van der Waals surface area (Å²) in [7, 11) is -10.6. The summed E-state index contributed by atoms with van der Waals surface area (Å²) in [4.78, 5) is 3.74. The first kappa shape index (κ1) is 12.3. The SMILES string of the molecule is C1=NCCO1.O=S(=O)(O)S(=O)(=O)O. The Morgan fingerprint density at radius 1 is 1.15 bits per heavy atom. The Kier molecular flexibility index (Phi) is 4.26. The van der Waals surface area contributed by atoms with Crippen LogP contribution in [0, 0.1) is 0 Å². The average molecular weight is 233 g/mol. The molecule has 0 amide bonds. The quantitative estimate of drug-likeness (QED) is 0.426. The Balaban J connectivity index is 0.000000243. The van der Waals surface area contributed by atoms with Crippen LogP contribution < -0.4 is 0 Å². The van der Waals surface area contributed by atoms with Gasteiger partial charge in [-0.2, -0.15) is 16.8 Å². The van der Waals surface area contributed by atoms with Crippen molar-refractivity contribution in [1.29, 1.82) is 0 Å². The van der Waals surface area contributed by atoms with E-state index in [-0.39, 0.29) is 0 Å². The van der Waals surface area contributed by atoms with Gasteiger partial charge in [0.15, 0.2) is 6.40 Å². The number of ether oxygens (including phenoxy) is 1. The second kappa shape index (κ2) is 4.50. The minimum Gasteiger partial charge on any atom is -0.482 e. The molecule has 2 N–H and O–H groups in total. The van der Waals surface area contributed by atoms with E-state index in [4.69, 9.17) is 9.11 Å². The van der Waals surface area contributed by atoms with Gasteiger partial charge in [-0.05, 0) is 0 Å². The van der Waals surface area contributed by atoms with Crippen molar-refractivity contribution >= 4 is 24.7 Å². The van der Waals surface area contributed by atoms with Gasteiger partial charge in [-0.3, -0.25) is 14.1 Å². The lowest BCUT2D eigenvalue weighted by molar-refractivity contribution is 0.361. The van der Waals surface area contributed by atoms with Gasteiger partial charge in [0, 0.05) is 0 Å². The molecule has 0 unspecified atom stereocenters. The van der Waals surface area contributed by atoms with Crippen molar-refractivity contribution in [2.24, 2.45) is 4.99 Å². The molecular weight excluding hydrogens is 226 g/mol. The van der Waals surface area contributed by atoms with Crippen LogP contribution in [-0.4, -0.2) is 45.5 Å². The molecule has 8 nitrogen and oxygen atoms in total. The zero-order valence-electron chi connectivity index (χ0n) is 6.19. The second-order valence-corrected chi connectivity index (χ2v) is 5.98. The van der Waals surface area contributed by atoms with E-state index in [1.807, 2.05) is 0 Å². The van der Waals surface area contributed by atoms with Crippen LogP contribution in [0.25, 0.3) is 0 Å². The third-order valence-electron chi connectivity index (χ3n) is 0.753. The highest BCUT2D eigenvalue weighted by Gasteiger charge is 2.22. The monoisotopic (exact) mass is 233 g/mol. The van der Waals surface area contributed by atoms with E-state index in [1.54, 1.807) is 0 Å². The van der Waals surface area contributed by atoms with E-state index in [0.29, 0.717) is 0 Å². The van der Waals surface area contributed by atoms with E-state index in [1.165, 1.54) is 6.40 Å². The highest BCUT2D eigenvalue weighted by Crippen LogP contribution is 1.90. The van der Waals surface area contributed by atoms with Gasteiger partial charge in [-0.25, -0.2) is 0 Å². The van der Waals surface area contributed by atoms with Gasteiger partial charge in [0.1, 0.15) is 6.61 Å². The van der Waals surface area contributed by atoms with Crippen LogP contribution in [0.4, 0.5) is 0 Å². The first-order valence-corrected chi connectivity index (χ1v) is 6.19. The third kappa shape index (κ3) is 5.52. The second-order valence-electron chi connectivity index (χ2n) is 1.74. The first-order chi connectivity index (χ1) is 5.75. The summed E-state index contributed by atoms with van der Waals surface area (Å²) in [5.74, 6) is 0. The zero-order chi connectivity index (χ0) is 10.5. The van der Waals surface area contributed by atoms with E-state index in [0.717, 1.165) is 13.2 Å². The average Bonchev–Trinajstić information content (AvgIpc) is 2.35. The fourth-order valence-electron chi connectivity index (χ4n) is 0.264. The van der Waals surface area contributed by atoms with Crippen molar-refractivity contribution in [2.45, 2.75) is 0 Å². The summed E-state index contributed by atoms with van der Waals surface area (Å²) in [6.45, 7) is 1.62. The van der Waals surface area contributed by atoms with Gasteiger partial charge in [0.05, 0.1) is 6.54 Å². The zero-order valence-corrected chi connectivity index (χ0v) is 7.82. The van der Waals surface area contributed by atoms with Gasteiger partial charge in [-0.1, -0.05) is 0 Å². The summed E-state index contributed by atoms with van der Waals surface area (Å²) in [6, 6.07) is 0. The molecule has 0 aliphatic carbocycles. The fourth-order valence-corrected chi connectivity index (χ4v) is 0.264. The van der Waals surface area contributed by atoms with Crippen LogP contribution in [0.3, 0.4) is 0 Å². The molecule has 0 aromatic heterocycles. The Labute approximate surface area is 74.1 Å². The highest BCUT2D eigenvalue weighted by atomic mass is 33.2. The summed E-state index contributed by atoms with van der Waals surface area (Å²) >= 11 is 0. The number of hydrogen-bond donors (Lipinski definition) is 2. The minimum absolute atomic E-state index is 0.778. The van der Waals surface area contributed by atoms with Gasteiger partial charge in [0.25, 0.3) is 0 Å². The van der Waals surface area contributed by atoms with Crippen molar-refractivity contribution < 1.29 is 30.7 Å². The minimum atomic E-state index is -5.31. The molecule has 0 bridgehead atoms. The summed E-state index contributed by atoms with van der Waals surface area (Å²) in [5, 5.41) is 0. The van der Waals surface area contributed by atoms with Crippen LogP contribution in [0.5, 0.6) is 0 Å². The van der Waals surface area contributed by atoms with E-state index in [2.05, 4.69) is 9.73 Å². The molecule has 0 radical (unpaired) electrons. The molecule has 78 valence electrons. The van der Waals surface area contributed by atoms with Gasteiger partial charge >= 0.3 is 18.3 Å². The number of rotatable bonds is 1. The van der Waals surface area contributed by atoms with Crippen LogP contribution in [-0.2, 0) is 23.0 Å². The molecule has 0 aromatic carbocycles. The molecule has 0 aromatic rings. The van der Waals surface area contributed by atoms with Crippen molar-refractivity contribution in [3.8, 4) is 0 Å². The van der Waals surface area contributed by atoms with Crippen LogP contribution in [0.15, 0.2) is 4.99 Å². The molecule has 1 heterocycles. The molecule has 13 heavy (non-hydrogen) atoms. The lowest BCUT2D eigenvalue weighted by Crippen LogP contribution is -2.11. The van der Waals surface area contributed by atoms with Gasteiger partial charge in [0.2, 0.25) is 0 Å². The predicted molar refractivity (Wildman–Crippen MR) is 42.4 cm³/mol. The van der Waals surface area contributed by atoms with Crippen molar-refractivity contribution in [3.05, 3.63) is 0 Å². The predicted octanol–water partition coefficient (Wildman–Crippen LogP) is -1.28. The maximum absolute atomic E-state index is 9.37. The maximum atomic E-state index is 9.37. The molecule has 10 heteroatoms. The topological polar surface area (TPSA) is 130 Å². The van der Waals surface area contributed by atoms with Crippen molar-refractivity contribution in [1.82, 2.24) is 0 Å². The standard InChI is InChI=1S/C3H5NO.H2O6S2/c1-2-5-3-4-1;1-7(2,3)8(4,5)6/h3H,1-2H2;(H,1,2,3)(H,4,5,6). The molecule has 1 aliphatic heterocycles. The molecule has 0 atom stereocenters. The van der Waals surface area contributed by atoms with Crippen LogP contribution in [0.1, 0.15) is 0 Å². The Morgan fingerprint density at radius 2 is 1.62 bits per heavy atom. The fraction of sp³-hybridized carbons (Fsp3) is 0.667. The van der Waals surface area contributed by atoms with Crippen molar-refractivity contribution in [3.63, 3.8) is 0 Å². The summed E-state index contributed by atoms with van der Waals surface area (Å²) in [6.07, 6.45) is 1.49. The maximum Gasteiger partial charge on any atom is 0.397 e. The number of nitrogens with zero attached hydrogens (tertiary/aromatic N) is 1. The summed E-state index contributed by atoms with van der Waals surface area (Å²) in [5.41, 5.74) is 0. The summed E-state index contributed by atoms with van der Waals surface area (Å²) < 4.78 is 57.1. The van der Waals surface area contributed by atoms with E-state index < -0.39 is 18.3 Å². The first-order valence-electron chi connectivity index (χ1n) is 2.80. The normalized spacial score (nSPS) is 15.8. The largest absolute Gasteiger partial charge is 0.482 e. The molecule has 0 spiro atoms. The smallest absolute Gasteiger partial charge is 0.397 e. The third-order valence-corrected chi connectivity index (χ3v) is 2.88. The molecule has 1 rings (SSSR count). The Morgan fingerprint density at radius 3 is 1.69 bits per heavy atom. The molecule has 0 saturated heterocycles. The molecule has 0 saturated carbocycles. The van der Waals surface area contributed by atoms with E-state index >= 15 is 0 Å². The van der Waals surface area contributed by atoms with Gasteiger partial charge in [-0.15, -0.1) is 0 Å². The van der Waals surface area contributed by atoms with Crippen molar-refractivity contribution in [2.75, 3.05) is 13.2 Å². The Hall–Kier alpha value is -0.710. The Bertz CT molecular complexity index is 329. The number of aliphatic imine (C=N–C) groups is 1. The van der Waals surface area contributed by atoms with Crippen LogP contribution in [0.2, 0.25) is 0 Å². The molecule has 0 fully saturated rings.